The van der Waals surface area contributed by atoms with Gasteiger partial charge in [0.05, 0.1) is 11.5 Å². The van der Waals surface area contributed by atoms with E-state index in [2.05, 4.69) is 11.0 Å². The maximum Gasteiger partial charge on any atom is 0.407 e. The molecule has 1 saturated carbocycles. The van der Waals surface area contributed by atoms with Crippen molar-refractivity contribution >= 4 is 17.7 Å². The van der Waals surface area contributed by atoms with Crippen LogP contribution >= 0.6 is 11.6 Å². The first-order valence-electron chi connectivity index (χ1n) is 9.40. The van der Waals surface area contributed by atoms with Crippen molar-refractivity contribution in [2.45, 2.75) is 56.5 Å². The summed E-state index contributed by atoms with van der Waals surface area (Å²) in [5.41, 5.74) is 0.574. The molecular formula is C20H26ClN3O2. The summed E-state index contributed by atoms with van der Waals surface area (Å²) < 4.78 is 0. The smallest absolute Gasteiger partial charge is 0.407 e. The van der Waals surface area contributed by atoms with Gasteiger partial charge in [-0.15, -0.1) is 0 Å². The number of likely N-dealkylation sites (N-methyl/N-ethyl adjacent to an activating group) is 1. The normalized spacial score (nSPS) is 29.3. The molecule has 1 N–H and O–H groups in total. The second kappa shape index (κ2) is 7.85. The van der Waals surface area contributed by atoms with Gasteiger partial charge in [0.1, 0.15) is 0 Å². The predicted molar refractivity (Wildman–Crippen MR) is 101 cm³/mol. The molecule has 1 aromatic rings. The molecule has 1 atom stereocenters. The van der Waals surface area contributed by atoms with Gasteiger partial charge in [0.25, 0.3) is 0 Å². The minimum absolute atomic E-state index is 0.0908. The van der Waals surface area contributed by atoms with Crippen LogP contribution in [0.4, 0.5) is 4.79 Å². The van der Waals surface area contributed by atoms with Crippen molar-refractivity contribution in [3.8, 4) is 6.07 Å². The number of rotatable bonds is 4. The van der Waals surface area contributed by atoms with E-state index in [9.17, 15) is 15.2 Å². The van der Waals surface area contributed by atoms with E-state index in [0.29, 0.717) is 17.6 Å². The number of halogens is 1. The van der Waals surface area contributed by atoms with Gasteiger partial charge in [-0.25, -0.2) is 4.79 Å². The third-order valence-corrected chi connectivity index (χ3v) is 6.37. The van der Waals surface area contributed by atoms with Gasteiger partial charge in [0.15, 0.2) is 0 Å². The number of nitriles is 1. The van der Waals surface area contributed by atoms with Crippen molar-refractivity contribution in [2.24, 2.45) is 0 Å². The Balaban J connectivity index is 1.64. The molecule has 0 radical (unpaired) electrons. The third kappa shape index (κ3) is 3.67. The number of hydrogen-bond donors (Lipinski definition) is 1. The van der Waals surface area contributed by atoms with Crippen LogP contribution in [0.15, 0.2) is 24.3 Å². The SMILES string of the molecule is CCN(C(=O)O)[C@H]1CCN(C2CCC(C#N)(c3cccc(Cl)c3)CC2)C1. The zero-order chi connectivity index (χ0) is 18.7. The average molecular weight is 376 g/mol. The molecule has 1 aliphatic heterocycles. The Morgan fingerprint density at radius 1 is 1.42 bits per heavy atom. The lowest BCUT2D eigenvalue weighted by Gasteiger charge is -2.39. The van der Waals surface area contributed by atoms with E-state index >= 15 is 0 Å². The Kier molecular flexibility index (Phi) is 5.74. The van der Waals surface area contributed by atoms with Crippen molar-refractivity contribution in [1.29, 1.82) is 5.26 Å². The van der Waals surface area contributed by atoms with Crippen LogP contribution < -0.4 is 0 Å². The van der Waals surface area contributed by atoms with Crippen LogP contribution in [0.3, 0.4) is 0 Å². The van der Waals surface area contributed by atoms with E-state index < -0.39 is 11.5 Å². The average Bonchev–Trinajstić information content (AvgIpc) is 3.11. The van der Waals surface area contributed by atoms with Crippen molar-refractivity contribution in [2.75, 3.05) is 19.6 Å². The van der Waals surface area contributed by atoms with Gasteiger partial charge in [-0.3, -0.25) is 4.90 Å². The zero-order valence-corrected chi connectivity index (χ0v) is 16.0. The standard InChI is InChI=1S/C20H26ClN3O2/c1-2-24(19(25)26)18-8-11-23(13-18)17-6-9-20(14-22,10-7-17)15-4-3-5-16(21)12-15/h3-5,12,17-18H,2,6-11,13H2,1H3,(H,25,26)/t17?,18-,20?/m0/s1. The summed E-state index contributed by atoms with van der Waals surface area (Å²) in [6.07, 6.45) is 3.65. The molecule has 0 unspecified atom stereocenters. The summed E-state index contributed by atoms with van der Waals surface area (Å²) in [4.78, 5) is 15.3. The number of hydrogen-bond acceptors (Lipinski definition) is 3. The van der Waals surface area contributed by atoms with Crippen LogP contribution in [0, 0.1) is 11.3 Å². The second-order valence-corrected chi connectivity index (χ2v) is 7.88. The maximum absolute atomic E-state index is 11.4. The molecule has 0 bridgehead atoms. The molecule has 140 valence electrons. The van der Waals surface area contributed by atoms with Crippen molar-refractivity contribution in [3.63, 3.8) is 0 Å². The van der Waals surface area contributed by atoms with Gasteiger partial charge in [-0.05, 0) is 56.7 Å². The van der Waals surface area contributed by atoms with E-state index in [1.165, 1.54) is 0 Å². The van der Waals surface area contributed by atoms with Crippen LogP contribution in [-0.2, 0) is 5.41 Å². The Bertz CT molecular complexity index is 695. The lowest BCUT2D eigenvalue weighted by molar-refractivity contribution is 0.118. The largest absolute Gasteiger partial charge is 0.465 e. The van der Waals surface area contributed by atoms with Gasteiger partial charge in [-0.1, -0.05) is 23.7 Å². The molecule has 2 fully saturated rings. The molecule has 5 nitrogen and oxygen atoms in total. The number of amides is 1. The van der Waals surface area contributed by atoms with Crippen molar-refractivity contribution in [1.82, 2.24) is 9.80 Å². The fraction of sp³-hybridized carbons (Fsp3) is 0.600. The van der Waals surface area contributed by atoms with Gasteiger partial charge in [-0.2, -0.15) is 5.26 Å². The quantitative estimate of drug-likeness (QED) is 0.859. The van der Waals surface area contributed by atoms with E-state index in [1.54, 1.807) is 4.90 Å². The molecule has 3 rings (SSSR count). The highest BCUT2D eigenvalue weighted by molar-refractivity contribution is 6.30. The van der Waals surface area contributed by atoms with E-state index in [-0.39, 0.29) is 6.04 Å². The number of nitrogens with zero attached hydrogens (tertiary/aromatic N) is 3. The minimum Gasteiger partial charge on any atom is -0.465 e. The Morgan fingerprint density at radius 3 is 2.73 bits per heavy atom. The fourth-order valence-electron chi connectivity index (χ4n) is 4.62. The second-order valence-electron chi connectivity index (χ2n) is 7.44. The van der Waals surface area contributed by atoms with Crippen LogP contribution in [0.2, 0.25) is 5.02 Å². The van der Waals surface area contributed by atoms with Gasteiger partial charge in [0.2, 0.25) is 0 Å². The topological polar surface area (TPSA) is 67.6 Å². The highest BCUT2D eigenvalue weighted by Crippen LogP contribution is 2.41. The molecule has 1 heterocycles. The summed E-state index contributed by atoms with van der Waals surface area (Å²) in [5, 5.41) is 19.9. The highest BCUT2D eigenvalue weighted by Gasteiger charge is 2.41. The molecule has 2 aliphatic rings. The van der Waals surface area contributed by atoms with Crippen molar-refractivity contribution < 1.29 is 9.90 Å². The Hall–Kier alpha value is -1.77. The monoisotopic (exact) mass is 375 g/mol. The number of likely N-dealkylation sites (tertiary alicyclic amines) is 1. The van der Waals surface area contributed by atoms with Gasteiger partial charge >= 0.3 is 6.09 Å². The number of benzene rings is 1. The summed E-state index contributed by atoms with van der Waals surface area (Å²) >= 11 is 6.13. The molecular weight excluding hydrogens is 350 g/mol. The van der Waals surface area contributed by atoms with Crippen LogP contribution in [0.25, 0.3) is 0 Å². The highest BCUT2D eigenvalue weighted by atomic mass is 35.5. The van der Waals surface area contributed by atoms with Crippen molar-refractivity contribution in [3.05, 3.63) is 34.9 Å². The van der Waals surface area contributed by atoms with Crippen LogP contribution in [0.1, 0.15) is 44.6 Å². The van der Waals surface area contributed by atoms with E-state index in [1.807, 2.05) is 31.2 Å². The third-order valence-electron chi connectivity index (χ3n) is 6.14. The summed E-state index contributed by atoms with van der Waals surface area (Å²) in [5.74, 6) is 0. The molecule has 1 aliphatic carbocycles. The zero-order valence-electron chi connectivity index (χ0n) is 15.2. The summed E-state index contributed by atoms with van der Waals surface area (Å²) in [6, 6.07) is 10.8. The fourth-order valence-corrected chi connectivity index (χ4v) is 4.81. The molecule has 26 heavy (non-hydrogen) atoms. The first-order valence-corrected chi connectivity index (χ1v) is 9.78. The van der Waals surface area contributed by atoms with Crippen LogP contribution in [-0.4, -0.2) is 52.7 Å². The Morgan fingerprint density at radius 2 is 2.15 bits per heavy atom. The first kappa shape index (κ1) is 19.0. The molecule has 1 aromatic carbocycles. The lowest BCUT2D eigenvalue weighted by atomic mass is 9.69. The minimum atomic E-state index is -0.826. The van der Waals surface area contributed by atoms with Gasteiger partial charge < -0.3 is 10.0 Å². The molecule has 1 saturated heterocycles. The predicted octanol–water partition coefficient (Wildman–Crippen LogP) is 4.12. The molecule has 0 aromatic heterocycles. The summed E-state index contributed by atoms with van der Waals surface area (Å²) in [6.45, 7) is 4.17. The lowest BCUT2D eigenvalue weighted by Crippen LogP contribution is -2.44. The molecule has 0 spiro atoms. The maximum atomic E-state index is 11.4. The van der Waals surface area contributed by atoms with Gasteiger partial charge in [0, 0.05) is 36.7 Å². The summed E-state index contributed by atoms with van der Waals surface area (Å²) in [7, 11) is 0. The molecule has 6 heteroatoms. The number of carboxylic acid groups (broad SMARTS) is 1. The van der Waals surface area contributed by atoms with E-state index in [4.69, 9.17) is 11.6 Å². The number of carbonyl (C=O) groups is 1. The van der Waals surface area contributed by atoms with Crippen LogP contribution in [0.5, 0.6) is 0 Å². The first-order chi connectivity index (χ1) is 12.5. The Labute approximate surface area is 160 Å². The van der Waals surface area contributed by atoms with E-state index in [0.717, 1.165) is 50.8 Å². The molecule has 1 amide bonds.